The van der Waals surface area contributed by atoms with E-state index in [1.165, 1.54) is 28.6 Å². The van der Waals surface area contributed by atoms with Gasteiger partial charge in [0.05, 0.1) is 0 Å². The zero-order chi connectivity index (χ0) is 11.3. The van der Waals surface area contributed by atoms with E-state index in [0.29, 0.717) is 6.04 Å². The van der Waals surface area contributed by atoms with Gasteiger partial charge in [-0.1, -0.05) is 13.8 Å². The van der Waals surface area contributed by atoms with Crippen molar-refractivity contribution in [3.8, 4) is 0 Å². The lowest BCUT2D eigenvalue weighted by molar-refractivity contribution is 0.422. The number of nitrogens with one attached hydrogen (secondary N) is 1. The van der Waals surface area contributed by atoms with Crippen molar-refractivity contribution in [2.24, 2.45) is 5.92 Å². The Balaban J connectivity index is 2.37. The first-order chi connectivity index (χ1) is 7.13. The molecule has 0 amide bonds. The molecule has 1 unspecified atom stereocenters. The third-order valence-corrected chi connectivity index (χ3v) is 4.56. The van der Waals surface area contributed by atoms with Crippen LogP contribution in [-0.4, -0.2) is 13.1 Å². The summed E-state index contributed by atoms with van der Waals surface area (Å²) in [6, 6.07) is 2.79. The molecule has 0 aromatic carbocycles. The molecular formula is C12H20BrNS. The smallest absolute Gasteiger partial charge is 0.0314 e. The number of halogens is 1. The number of hydrogen-bond acceptors (Lipinski definition) is 2. The second-order valence-electron chi connectivity index (χ2n) is 4.35. The van der Waals surface area contributed by atoms with Gasteiger partial charge in [0.25, 0.3) is 0 Å². The molecule has 3 heteroatoms. The second kappa shape index (κ2) is 6.66. The molecule has 0 spiro atoms. The minimum atomic E-state index is 0.652. The van der Waals surface area contributed by atoms with Gasteiger partial charge in [0.2, 0.25) is 0 Å². The van der Waals surface area contributed by atoms with E-state index in [-0.39, 0.29) is 0 Å². The van der Waals surface area contributed by atoms with Gasteiger partial charge in [0.15, 0.2) is 0 Å². The quantitative estimate of drug-likeness (QED) is 0.832. The van der Waals surface area contributed by atoms with E-state index in [0.717, 1.165) is 5.92 Å². The Kier molecular flexibility index (Phi) is 5.87. The highest BCUT2D eigenvalue weighted by molar-refractivity contribution is 9.10. The van der Waals surface area contributed by atoms with Crippen molar-refractivity contribution < 1.29 is 0 Å². The molecule has 0 bridgehead atoms. The molecule has 0 aliphatic carbocycles. The maximum absolute atomic E-state index is 3.58. The van der Waals surface area contributed by atoms with Crippen LogP contribution >= 0.6 is 27.3 Å². The van der Waals surface area contributed by atoms with Gasteiger partial charge in [-0.3, -0.25) is 0 Å². The fourth-order valence-electron chi connectivity index (χ4n) is 1.76. The lowest BCUT2D eigenvalue weighted by Crippen LogP contribution is -2.27. The highest BCUT2D eigenvalue weighted by Gasteiger charge is 2.10. The van der Waals surface area contributed by atoms with Gasteiger partial charge >= 0.3 is 0 Å². The van der Waals surface area contributed by atoms with Gasteiger partial charge in [-0.25, -0.2) is 0 Å². The van der Waals surface area contributed by atoms with Crippen molar-refractivity contribution in [1.29, 1.82) is 0 Å². The van der Waals surface area contributed by atoms with E-state index < -0.39 is 0 Å². The van der Waals surface area contributed by atoms with Crippen LogP contribution in [0, 0.1) is 5.92 Å². The zero-order valence-electron chi connectivity index (χ0n) is 9.72. The Morgan fingerprint density at radius 3 is 2.67 bits per heavy atom. The summed E-state index contributed by atoms with van der Waals surface area (Å²) in [5.41, 5.74) is 0. The average Bonchev–Trinajstić information content (AvgIpc) is 2.58. The number of rotatable bonds is 6. The Labute approximate surface area is 105 Å². The molecule has 0 aliphatic rings. The van der Waals surface area contributed by atoms with Crippen molar-refractivity contribution in [2.75, 3.05) is 7.05 Å². The molecule has 0 aliphatic heterocycles. The Morgan fingerprint density at radius 2 is 2.20 bits per heavy atom. The lowest BCUT2D eigenvalue weighted by Gasteiger charge is -2.17. The molecule has 1 aromatic heterocycles. The predicted octanol–water partition coefficient (Wildman–Crippen LogP) is 4.08. The number of hydrogen-bond donors (Lipinski definition) is 1. The summed E-state index contributed by atoms with van der Waals surface area (Å²) in [5, 5.41) is 5.55. The minimum Gasteiger partial charge on any atom is -0.317 e. The summed E-state index contributed by atoms with van der Waals surface area (Å²) in [4.78, 5) is 1.47. The van der Waals surface area contributed by atoms with Gasteiger partial charge in [-0.2, -0.15) is 0 Å². The molecule has 0 saturated carbocycles. The number of aryl methyl sites for hydroxylation is 1. The Hall–Kier alpha value is 0.140. The zero-order valence-corrected chi connectivity index (χ0v) is 12.1. The largest absolute Gasteiger partial charge is 0.317 e. The third-order valence-electron chi connectivity index (χ3n) is 2.58. The Morgan fingerprint density at radius 1 is 1.47 bits per heavy atom. The first-order valence-electron chi connectivity index (χ1n) is 5.52. The van der Waals surface area contributed by atoms with Crippen LogP contribution in [0.2, 0.25) is 0 Å². The molecule has 1 N–H and O–H groups in total. The summed E-state index contributed by atoms with van der Waals surface area (Å²) >= 11 is 5.43. The first-order valence-corrected chi connectivity index (χ1v) is 7.20. The first kappa shape index (κ1) is 13.2. The van der Waals surface area contributed by atoms with Crippen molar-refractivity contribution in [2.45, 2.75) is 39.2 Å². The fourth-order valence-corrected chi connectivity index (χ4v) is 3.33. The van der Waals surface area contributed by atoms with Crippen LogP contribution in [-0.2, 0) is 6.42 Å². The Bertz CT molecular complexity index is 283. The monoisotopic (exact) mass is 289 g/mol. The highest BCUT2D eigenvalue weighted by atomic mass is 79.9. The molecule has 1 aromatic rings. The second-order valence-corrected chi connectivity index (χ2v) is 6.20. The van der Waals surface area contributed by atoms with Crippen LogP contribution in [0.25, 0.3) is 0 Å². The minimum absolute atomic E-state index is 0.652. The van der Waals surface area contributed by atoms with Crippen LogP contribution in [0.5, 0.6) is 0 Å². The van der Waals surface area contributed by atoms with Crippen molar-refractivity contribution in [1.82, 2.24) is 5.32 Å². The molecule has 1 nitrogen and oxygen atoms in total. The van der Waals surface area contributed by atoms with Gasteiger partial charge in [0, 0.05) is 15.4 Å². The van der Waals surface area contributed by atoms with Crippen molar-refractivity contribution >= 4 is 27.3 Å². The highest BCUT2D eigenvalue weighted by Crippen LogP contribution is 2.24. The van der Waals surface area contributed by atoms with E-state index in [1.54, 1.807) is 0 Å². The fraction of sp³-hybridized carbons (Fsp3) is 0.667. The summed E-state index contributed by atoms with van der Waals surface area (Å²) in [6.07, 6.45) is 3.67. The number of thiophene rings is 1. The molecular weight excluding hydrogens is 270 g/mol. The van der Waals surface area contributed by atoms with E-state index >= 15 is 0 Å². The predicted molar refractivity (Wildman–Crippen MR) is 72.6 cm³/mol. The summed E-state index contributed by atoms with van der Waals surface area (Å²) in [6.45, 7) is 4.57. The van der Waals surface area contributed by atoms with Crippen LogP contribution in [0.3, 0.4) is 0 Å². The molecule has 86 valence electrons. The van der Waals surface area contributed by atoms with Crippen molar-refractivity contribution in [3.05, 3.63) is 20.8 Å². The standard InChI is InChI=1S/C12H20BrNS/c1-9(2)8-10(14-3)4-5-12-11(13)6-7-15-12/h6-7,9-10,14H,4-5,8H2,1-3H3. The van der Waals surface area contributed by atoms with Gasteiger partial charge in [0.1, 0.15) is 0 Å². The van der Waals surface area contributed by atoms with Crippen LogP contribution in [0.4, 0.5) is 0 Å². The van der Waals surface area contributed by atoms with Gasteiger partial charge in [-0.05, 0) is 59.6 Å². The topological polar surface area (TPSA) is 12.0 Å². The summed E-state index contributed by atoms with van der Waals surface area (Å²) in [7, 11) is 2.07. The van der Waals surface area contributed by atoms with Crippen molar-refractivity contribution in [3.63, 3.8) is 0 Å². The van der Waals surface area contributed by atoms with E-state index in [1.807, 2.05) is 11.3 Å². The molecule has 0 saturated heterocycles. The molecule has 1 rings (SSSR count). The van der Waals surface area contributed by atoms with Crippen LogP contribution < -0.4 is 5.32 Å². The van der Waals surface area contributed by atoms with Crippen LogP contribution in [0.15, 0.2) is 15.9 Å². The summed E-state index contributed by atoms with van der Waals surface area (Å²) < 4.78 is 1.27. The van der Waals surface area contributed by atoms with E-state index in [4.69, 9.17) is 0 Å². The summed E-state index contributed by atoms with van der Waals surface area (Å²) in [5.74, 6) is 0.772. The molecule has 1 heterocycles. The van der Waals surface area contributed by atoms with E-state index in [2.05, 4.69) is 53.6 Å². The van der Waals surface area contributed by atoms with Gasteiger partial charge in [-0.15, -0.1) is 11.3 Å². The molecule has 0 fully saturated rings. The van der Waals surface area contributed by atoms with Crippen LogP contribution in [0.1, 0.15) is 31.6 Å². The normalized spacial score (nSPS) is 13.4. The van der Waals surface area contributed by atoms with E-state index in [9.17, 15) is 0 Å². The SMILES string of the molecule is CNC(CCc1sccc1Br)CC(C)C. The van der Waals surface area contributed by atoms with Gasteiger partial charge < -0.3 is 5.32 Å². The lowest BCUT2D eigenvalue weighted by atomic mass is 10.00. The molecule has 0 radical (unpaired) electrons. The molecule has 15 heavy (non-hydrogen) atoms. The third kappa shape index (κ3) is 4.66. The maximum atomic E-state index is 3.58. The average molecular weight is 290 g/mol. The molecule has 1 atom stereocenters. The maximum Gasteiger partial charge on any atom is 0.0314 e.